The minimum absolute atomic E-state index is 0.0610. The Morgan fingerprint density at radius 1 is 0.902 bits per heavy atom. The van der Waals surface area contributed by atoms with Crippen molar-refractivity contribution in [2.45, 2.75) is 25.8 Å². The number of hydrogen-bond donors (Lipinski definition) is 1. The van der Waals surface area contributed by atoms with Gasteiger partial charge in [0.05, 0.1) is 31.4 Å². The predicted octanol–water partition coefficient (Wildman–Crippen LogP) is 5.41. The van der Waals surface area contributed by atoms with Gasteiger partial charge in [-0.2, -0.15) is 0 Å². The van der Waals surface area contributed by atoms with Crippen molar-refractivity contribution in [2.75, 3.05) is 46.0 Å². The number of hydrogen-bond acceptors (Lipinski definition) is 7. The summed E-state index contributed by atoms with van der Waals surface area (Å²) in [5.74, 6) is 0.293. The van der Waals surface area contributed by atoms with Crippen LogP contribution in [-0.4, -0.2) is 72.6 Å². The van der Waals surface area contributed by atoms with Gasteiger partial charge in [-0.1, -0.05) is 49.4 Å². The lowest BCUT2D eigenvalue weighted by Crippen LogP contribution is -2.38. The van der Waals surface area contributed by atoms with Crippen molar-refractivity contribution >= 4 is 17.4 Å². The van der Waals surface area contributed by atoms with Gasteiger partial charge in [0.15, 0.2) is 0 Å². The monoisotopic (exact) mass is 556 g/mol. The number of Topliss-reactive ketones (excluding diaryl/α,β-unsaturated/α-hetero) is 1. The molecule has 3 aromatic carbocycles. The van der Waals surface area contributed by atoms with Crippen molar-refractivity contribution in [2.24, 2.45) is 0 Å². The number of aliphatic hydroxyl groups is 1. The van der Waals surface area contributed by atoms with Crippen LogP contribution in [0.4, 0.5) is 0 Å². The van der Waals surface area contributed by atoms with Crippen LogP contribution in [0, 0.1) is 0 Å². The summed E-state index contributed by atoms with van der Waals surface area (Å²) in [7, 11) is 0. The predicted molar refractivity (Wildman–Crippen MR) is 156 cm³/mol. The van der Waals surface area contributed by atoms with E-state index in [0.29, 0.717) is 61.2 Å². The van der Waals surface area contributed by atoms with Gasteiger partial charge in [0.1, 0.15) is 23.0 Å². The quantitative estimate of drug-likeness (QED) is 0.192. The third-order valence-electron chi connectivity index (χ3n) is 7.25. The minimum Gasteiger partial charge on any atom is -0.507 e. The molecule has 0 radical (unpaired) electrons. The van der Waals surface area contributed by atoms with E-state index in [1.807, 2.05) is 61.5 Å². The number of morpholine rings is 1. The molecule has 2 fully saturated rings. The summed E-state index contributed by atoms with van der Waals surface area (Å²) < 4.78 is 17.3. The van der Waals surface area contributed by atoms with Crippen molar-refractivity contribution in [3.8, 4) is 17.2 Å². The Morgan fingerprint density at radius 3 is 2.41 bits per heavy atom. The number of benzene rings is 3. The number of amides is 1. The lowest BCUT2D eigenvalue weighted by molar-refractivity contribution is -0.140. The molecular weight excluding hydrogens is 520 g/mol. The lowest BCUT2D eigenvalue weighted by Gasteiger charge is -2.29. The number of ether oxygens (including phenoxy) is 3. The van der Waals surface area contributed by atoms with E-state index >= 15 is 0 Å². The second kappa shape index (κ2) is 13.5. The van der Waals surface area contributed by atoms with E-state index in [4.69, 9.17) is 14.2 Å². The van der Waals surface area contributed by atoms with E-state index < -0.39 is 17.7 Å². The van der Waals surface area contributed by atoms with Gasteiger partial charge in [0, 0.05) is 31.7 Å². The highest BCUT2D eigenvalue weighted by molar-refractivity contribution is 6.46. The molecule has 8 heteroatoms. The van der Waals surface area contributed by atoms with Crippen molar-refractivity contribution in [3.63, 3.8) is 0 Å². The number of para-hydroxylation sites is 1. The topological polar surface area (TPSA) is 88.5 Å². The first-order chi connectivity index (χ1) is 20.0. The minimum atomic E-state index is -0.765. The summed E-state index contributed by atoms with van der Waals surface area (Å²) in [6.07, 6.45) is 1.53. The third-order valence-corrected chi connectivity index (χ3v) is 7.25. The zero-order valence-electron chi connectivity index (χ0n) is 23.3. The van der Waals surface area contributed by atoms with Gasteiger partial charge in [0.25, 0.3) is 11.7 Å². The first-order valence-electron chi connectivity index (χ1n) is 14.2. The molecule has 0 aromatic heterocycles. The Bertz CT molecular complexity index is 1380. The molecule has 0 spiro atoms. The summed E-state index contributed by atoms with van der Waals surface area (Å²) in [5, 5.41) is 11.5. The van der Waals surface area contributed by atoms with Gasteiger partial charge in [-0.25, -0.2) is 0 Å². The van der Waals surface area contributed by atoms with Crippen LogP contribution in [0.5, 0.6) is 17.2 Å². The standard InChI is InChI=1S/C33H36N2O6/c1-2-19-40-27-13-7-10-25(23-27)31(36)29-30(24-9-6-14-28(22-24)41-26-11-4-3-5-12-26)35(33(38)32(29)37)16-8-15-34-17-20-39-21-18-34/h3-7,9-14,22-23,30,36H,2,8,15-21H2,1H3/b31-29+. The fourth-order valence-corrected chi connectivity index (χ4v) is 5.23. The van der Waals surface area contributed by atoms with Gasteiger partial charge in [0.2, 0.25) is 0 Å². The highest BCUT2D eigenvalue weighted by atomic mass is 16.5. The molecule has 2 aliphatic rings. The van der Waals surface area contributed by atoms with E-state index in [-0.39, 0.29) is 11.3 Å². The van der Waals surface area contributed by atoms with Crippen LogP contribution < -0.4 is 9.47 Å². The van der Waals surface area contributed by atoms with Gasteiger partial charge < -0.3 is 24.2 Å². The van der Waals surface area contributed by atoms with Crippen LogP contribution in [0.15, 0.2) is 84.4 Å². The SMILES string of the molecule is CCCOc1cccc(/C(O)=C2\C(=O)C(=O)N(CCCN3CCOCC3)C2c2cccc(Oc3ccccc3)c2)c1. The fourth-order valence-electron chi connectivity index (χ4n) is 5.23. The molecule has 5 rings (SSSR count). The van der Waals surface area contributed by atoms with Crippen LogP contribution in [-0.2, 0) is 14.3 Å². The molecule has 1 amide bonds. The molecule has 1 N–H and O–H groups in total. The number of rotatable bonds is 11. The highest BCUT2D eigenvalue weighted by Gasteiger charge is 2.46. The molecule has 41 heavy (non-hydrogen) atoms. The Morgan fingerprint density at radius 2 is 1.63 bits per heavy atom. The van der Waals surface area contributed by atoms with E-state index in [1.165, 1.54) is 0 Å². The maximum absolute atomic E-state index is 13.5. The first kappa shape index (κ1) is 28.4. The number of carbonyl (C=O) groups excluding carboxylic acids is 2. The maximum Gasteiger partial charge on any atom is 0.295 e. The number of nitrogens with zero attached hydrogens (tertiary/aromatic N) is 2. The Labute approximate surface area is 240 Å². The number of carbonyl (C=O) groups is 2. The zero-order valence-corrected chi connectivity index (χ0v) is 23.3. The molecule has 0 saturated carbocycles. The molecule has 1 unspecified atom stereocenters. The molecule has 2 aliphatic heterocycles. The molecule has 0 bridgehead atoms. The second-order valence-electron chi connectivity index (χ2n) is 10.2. The highest BCUT2D eigenvalue weighted by Crippen LogP contribution is 2.41. The molecule has 1 atom stereocenters. The van der Waals surface area contributed by atoms with Crippen molar-refractivity contribution < 1.29 is 28.9 Å². The maximum atomic E-state index is 13.5. The van der Waals surface area contributed by atoms with Gasteiger partial charge in [-0.15, -0.1) is 0 Å². The average Bonchev–Trinajstić information content (AvgIpc) is 3.26. The zero-order chi connectivity index (χ0) is 28.6. The summed E-state index contributed by atoms with van der Waals surface area (Å²) in [6, 6.07) is 23.0. The van der Waals surface area contributed by atoms with Crippen LogP contribution in [0.25, 0.3) is 5.76 Å². The average molecular weight is 557 g/mol. The van der Waals surface area contributed by atoms with Crippen LogP contribution >= 0.6 is 0 Å². The van der Waals surface area contributed by atoms with Crippen molar-refractivity contribution in [3.05, 3.63) is 95.6 Å². The summed E-state index contributed by atoms with van der Waals surface area (Å²) in [4.78, 5) is 30.8. The van der Waals surface area contributed by atoms with Crippen molar-refractivity contribution in [1.82, 2.24) is 9.80 Å². The molecule has 214 valence electrons. The molecule has 0 aliphatic carbocycles. The fraction of sp³-hybridized carbons (Fsp3) is 0.333. The van der Waals surface area contributed by atoms with Crippen LogP contribution in [0.1, 0.15) is 36.9 Å². The largest absolute Gasteiger partial charge is 0.507 e. The number of aliphatic hydroxyl groups excluding tert-OH is 1. The summed E-state index contributed by atoms with van der Waals surface area (Å²) in [6.45, 7) is 6.78. The Balaban J connectivity index is 1.49. The van der Waals surface area contributed by atoms with Gasteiger partial charge in [-0.05, 0) is 54.8 Å². The Hall–Kier alpha value is -4.14. The van der Waals surface area contributed by atoms with E-state index in [9.17, 15) is 14.7 Å². The number of ketones is 1. The second-order valence-corrected chi connectivity index (χ2v) is 10.2. The Kier molecular flexibility index (Phi) is 9.33. The molecule has 3 aromatic rings. The van der Waals surface area contributed by atoms with Gasteiger partial charge in [-0.3, -0.25) is 14.5 Å². The first-order valence-corrected chi connectivity index (χ1v) is 14.2. The molecule has 8 nitrogen and oxygen atoms in total. The molecule has 2 heterocycles. The van der Waals surface area contributed by atoms with E-state index in [0.717, 1.165) is 26.1 Å². The summed E-state index contributed by atoms with van der Waals surface area (Å²) >= 11 is 0. The normalized spacial score (nSPS) is 19.0. The molecular formula is C33H36N2O6. The smallest absolute Gasteiger partial charge is 0.295 e. The lowest BCUT2D eigenvalue weighted by atomic mass is 9.95. The molecule has 2 saturated heterocycles. The summed E-state index contributed by atoms with van der Waals surface area (Å²) in [5.41, 5.74) is 1.17. The van der Waals surface area contributed by atoms with E-state index in [1.54, 1.807) is 29.2 Å². The van der Waals surface area contributed by atoms with Gasteiger partial charge >= 0.3 is 0 Å². The van der Waals surface area contributed by atoms with Crippen LogP contribution in [0.3, 0.4) is 0 Å². The third kappa shape index (κ3) is 6.78. The van der Waals surface area contributed by atoms with Crippen LogP contribution in [0.2, 0.25) is 0 Å². The van der Waals surface area contributed by atoms with Crippen molar-refractivity contribution in [1.29, 1.82) is 0 Å². The number of likely N-dealkylation sites (tertiary alicyclic amines) is 1. The van der Waals surface area contributed by atoms with E-state index in [2.05, 4.69) is 4.90 Å².